The number of rotatable bonds is 24. The lowest BCUT2D eigenvalue weighted by Gasteiger charge is -2.29. The molecule has 0 aliphatic rings. The van der Waals surface area contributed by atoms with Gasteiger partial charge < -0.3 is 59.1 Å². The molecule has 0 saturated carbocycles. The molecule has 7 atom stereocenters. The molecule has 0 radical (unpaired) electrons. The Morgan fingerprint density at radius 1 is 0.603 bits per heavy atom. The van der Waals surface area contributed by atoms with Crippen molar-refractivity contribution in [3.63, 3.8) is 0 Å². The molecule has 0 saturated heterocycles. The summed E-state index contributed by atoms with van der Waals surface area (Å²) in [7, 11) is 0. The molecule has 0 fully saturated rings. The van der Waals surface area contributed by atoms with Crippen molar-refractivity contribution in [1.29, 1.82) is 0 Å². The van der Waals surface area contributed by atoms with E-state index in [0.29, 0.717) is 17.5 Å². The van der Waals surface area contributed by atoms with E-state index in [0.717, 1.165) is 0 Å². The fourth-order valence-corrected chi connectivity index (χ4v) is 5.77. The number of aliphatic carboxylic acids is 1. The summed E-state index contributed by atoms with van der Waals surface area (Å²) in [6, 6.07) is 2.95. The highest BCUT2D eigenvalue weighted by Gasteiger charge is 2.35. The second-order valence-electron chi connectivity index (χ2n) is 14.6. The van der Waals surface area contributed by atoms with Gasteiger partial charge in [0, 0.05) is 19.3 Å². The summed E-state index contributed by atoms with van der Waals surface area (Å²) in [5, 5.41) is 41.7. The number of carboxylic acids is 1. The number of benzene rings is 2. The van der Waals surface area contributed by atoms with Crippen molar-refractivity contribution in [2.75, 3.05) is 0 Å². The summed E-state index contributed by atoms with van der Waals surface area (Å²) in [5.41, 5.74) is 17.6. The van der Waals surface area contributed by atoms with E-state index >= 15 is 0 Å². The Kier molecular flexibility index (Phi) is 19.1. The third-order valence-corrected chi connectivity index (χ3v) is 9.21. The number of carbonyl (C=O) groups is 8. The van der Waals surface area contributed by atoms with Crippen molar-refractivity contribution in [3.8, 4) is 11.5 Å². The highest BCUT2D eigenvalue weighted by molar-refractivity contribution is 5.97. The summed E-state index contributed by atoms with van der Waals surface area (Å²) < 4.78 is 0. The molecule has 7 amide bonds. The number of amides is 7. The van der Waals surface area contributed by atoms with Crippen molar-refractivity contribution in [2.45, 2.75) is 109 Å². The Labute approximate surface area is 336 Å². The number of carbonyl (C=O) groups excluding carboxylic acids is 7. The van der Waals surface area contributed by atoms with Gasteiger partial charge in [-0.1, -0.05) is 58.4 Å². The number of nitrogens with one attached hydrogen (secondary N) is 5. The average molecular weight is 813 g/mol. The minimum Gasteiger partial charge on any atom is -0.508 e. The van der Waals surface area contributed by atoms with Gasteiger partial charge in [0.2, 0.25) is 41.4 Å². The Bertz CT molecular complexity index is 1750. The molecule has 0 unspecified atom stereocenters. The molecule has 0 heterocycles. The zero-order valence-corrected chi connectivity index (χ0v) is 33.0. The van der Waals surface area contributed by atoms with Crippen molar-refractivity contribution in [1.82, 2.24) is 26.6 Å². The van der Waals surface area contributed by atoms with Crippen LogP contribution in [0.4, 0.5) is 0 Å². The predicted molar refractivity (Wildman–Crippen MR) is 210 cm³/mol. The molecule has 0 aromatic heterocycles. The molecule has 2 aromatic rings. The van der Waals surface area contributed by atoms with Crippen LogP contribution in [0.1, 0.15) is 70.9 Å². The van der Waals surface area contributed by atoms with E-state index in [9.17, 15) is 53.7 Å². The lowest BCUT2D eigenvalue weighted by atomic mass is 9.96. The van der Waals surface area contributed by atoms with Gasteiger partial charge in [0.05, 0.1) is 12.5 Å². The van der Waals surface area contributed by atoms with Crippen LogP contribution < -0.4 is 43.8 Å². The molecular weight excluding hydrogens is 756 g/mol. The SMILES string of the molecule is CC[C@H](C)[C@H](NC(=O)[C@H](CC(N)=O)NC(=O)[C@@H](N)CC(C)C)C(=O)N[C@@H](Cc1ccc(O)cc1)C(=O)N[C@@H](CCC(N)=O)C(=O)N[C@@H](Cc1ccc(O)cc1)C(=O)O. The van der Waals surface area contributed by atoms with Gasteiger partial charge in [-0.25, -0.2) is 4.79 Å². The Morgan fingerprint density at radius 2 is 1.05 bits per heavy atom. The van der Waals surface area contributed by atoms with Crippen LogP contribution in [0.2, 0.25) is 0 Å². The van der Waals surface area contributed by atoms with Gasteiger partial charge in [-0.05, 0) is 60.1 Å². The van der Waals surface area contributed by atoms with Crippen LogP contribution in [0.3, 0.4) is 0 Å². The Morgan fingerprint density at radius 3 is 1.52 bits per heavy atom. The normalized spacial score (nSPS) is 14.7. The van der Waals surface area contributed by atoms with E-state index < -0.39 is 102 Å². The van der Waals surface area contributed by atoms with E-state index in [4.69, 9.17) is 17.2 Å². The smallest absolute Gasteiger partial charge is 0.326 e. The standard InChI is InChI=1S/C39H56N8O11/c1-5-21(4)33(47-37(55)29(19-32(42)51)44-34(52)26(40)16-20(2)3)38(56)45-28(17-22-6-10-24(48)11-7-22)36(54)43-27(14-15-31(41)50)35(53)46-30(39(57)58)18-23-8-12-25(49)13-9-23/h6-13,20-21,26-30,33,48-49H,5,14-19,40H2,1-4H3,(H2,41,50)(H2,42,51)(H,43,54)(H,44,52)(H,45,56)(H,46,53)(H,47,55)(H,57,58)/t21-,26-,27-,28-,29-,30-,33-/m0/s1. The second-order valence-corrected chi connectivity index (χ2v) is 14.6. The fourth-order valence-electron chi connectivity index (χ4n) is 5.77. The molecular formula is C39H56N8O11. The average Bonchev–Trinajstić information content (AvgIpc) is 3.14. The molecule has 0 bridgehead atoms. The van der Waals surface area contributed by atoms with E-state index in [1.807, 2.05) is 13.8 Å². The molecule has 58 heavy (non-hydrogen) atoms. The van der Waals surface area contributed by atoms with Crippen LogP contribution >= 0.6 is 0 Å². The summed E-state index contributed by atoms with van der Waals surface area (Å²) in [5.74, 6) is -8.24. The maximum absolute atomic E-state index is 14.0. The number of phenols is 2. The first-order valence-electron chi connectivity index (χ1n) is 18.8. The predicted octanol–water partition coefficient (Wildman–Crippen LogP) is -1.05. The van der Waals surface area contributed by atoms with Crippen LogP contribution in [-0.2, 0) is 51.2 Å². The number of carboxylic acid groups (broad SMARTS) is 1. The number of primary amides is 2. The molecule has 2 rings (SSSR count). The molecule has 0 aliphatic carbocycles. The van der Waals surface area contributed by atoms with Gasteiger partial charge in [0.15, 0.2) is 0 Å². The van der Waals surface area contributed by atoms with E-state index in [-0.39, 0.29) is 43.1 Å². The minimum absolute atomic E-state index is 0.0420. The van der Waals surface area contributed by atoms with Crippen LogP contribution in [-0.4, -0.2) is 98.9 Å². The van der Waals surface area contributed by atoms with Gasteiger partial charge in [-0.2, -0.15) is 0 Å². The van der Waals surface area contributed by atoms with Crippen LogP contribution in [0.15, 0.2) is 48.5 Å². The molecule has 0 spiro atoms. The van der Waals surface area contributed by atoms with Gasteiger partial charge in [-0.15, -0.1) is 0 Å². The van der Waals surface area contributed by atoms with Crippen LogP contribution in [0.25, 0.3) is 0 Å². The van der Waals surface area contributed by atoms with Gasteiger partial charge >= 0.3 is 5.97 Å². The quantitative estimate of drug-likeness (QED) is 0.0605. The summed E-state index contributed by atoms with van der Waals surface area (Å²) in [6.07, 6.45) is -1.15. The van der Waals surface area contributed by atoms with Crippen molar-refractivity contribution >= 4 is 47.3 Å². The highest BCUT2D eigenvalue weighted by atomic mass is 16.4. The Hall–Kier alpha value is -6.24. The number of aromatic hydroxyl groups is 2. The van der Waals surface area contributed by atoms with Crippen molar-refractivity contribution < 1.29 is 53.7 Å². The number of phenolic OH excluding ortho intramolecular Hbond substituents is 2. The van der Waals surface area contributed by atoms with Gasteiger partial charge in [0.1, 0.15) is 41.7 Å². The minimum atomic E-state index is -1.52. The fraction of sp³-hybridized carbons (Fsp3) is 0.487. The monoisotopic (exact) mass is 812 g/mol. The van der Waals surface area contributed by atoms with Crippen molar-refractivity contribution in [2.24, 2.45) is 29.0 Å². The van der Waals surface area contributed by atoms with E-state index in [1.54, 1.807) is 13.8 Å². The van der Waals surface area contributed by atoms with Gasteiger partial charge in [-0.3, -0.25) is 33.6 Å². The number of hydrogen-bond acceptors (Lipinski definition) is 11. The zero-order chi connectivity index (χ0) is 43.7. The first-order chi connectivity index (χ1) is 27.2. The van der Waals surface area contributed by atoms with E-state index in [2.05, 4.69) is 26.6 Å². The maximum atomic E-state index is 14.0. The zero-order valence-electron chi connectivity index (χ0n) is 33.0. The molecule has 14 N–H and O–H groups in total. The Balaban J connectivity index is 2.42. The largest absolute Gasteiger partial charge is 0.508 e. The van der Waals surface area contributed by atoms with Gasteiger partial charge in [0.25, 0.3) is 0 Å². The summed E-state index contributed by atoms with van der Waals surface area (Å²) in [6.45, 7) is 7.06. The van der Waals surface area contributed by atoms with E-state index in [1.165, 1.54) is 48.5 Å². The molecule has 318 valence electrons. The third kappa shape index (κ3) is 16.5. The second kappa shape index (κ2) is 23.1. The molecule has 2 aromatic carbocycles. The lowest BCUT2D eigenvalue weighted by molar-refractivity contribution is -0.142. The lowest BCUT2D eigenvalue weighted by Crippen LogP contribution is -2.61. The number of hydrogen-bond donors (Lipinski definition) is 11. The molecule has 0 aliphatic heterocycles. The molecule has 19 nitrogen and oxygen atoms in total. The van der Waals surface area contributed by atoms with Crippen LogP contribution in [0, 0.1) is 11.8 Å². The maximum Gasteiger partial charge on any atom is 0.326 e. The third-order valence-electron chi connectivity index (χ3n) is 9.21. The summed E-state index contributed by atoms with van der Waals surface area (Å²) >= 11 is 0. The highest BCUT2D eigenvalue weighted by Crippen LogP contribution is 2.15. The first kappa shape index (κ1) is 47.9. The summed E-state index contributed by atoms with van der Waals surface area (Å²) in [4.78, 5) is 104. The first-order valence-corrected chi connectivity index (χ1v) is 18.8. The topological polar surface area (TPSA) is 335 Å². The van der Waals surface area contributed by atoms with Crippen molar-refractivity contribution in [3.05, 3.63) is 59.7 Å². The van der Waals surface area contributed by atoms with Crippen LogP contribution in [0.5, 0.6) is 11.5 Å². The molecule has 19 heteroatoms. The number of nitrogens with two attached hydrogens (primary N) is 3.